The molecule has 2 aromatic heterocycles. The molecule has 0 radical (unpaired) electrons. The lowest BCUT2D eigenvalue weighted by Gasteiger charge is -2.45. The van der Waals surface area contributed by atoms with Crippen molar-refractivity contribution in [1.82, 2.24) is 27.9 Å². The quantitative estimate of drug-likeness (QED) is 0.256. The Balaban J connectivity index is 1.35. The van der Waals surface area contributed by atoms with Gasteiger partial charge >= 0.3 is 10.2 Å². The third-order valence-electron chi connectivity index (χ3n) is 8.79. The number of amides is 1. The zero-order valence-corrected chi connectivity index (χ0v) is 25.9. The van der Waals surface area contributed by atoms with Gasteiger partial charge in [-0.3, -0.25) is 9.63 Å². The van der Waals surface area contributed by atoms with Crippen molar-refractivity contribution in [2.45, 2.75) is 24.9 Å². The molecule has 3 heterocycles. The summed E-state index contributed by atoms with van der Waals surface area (Å²) in [5.41, 5.74) is 5.19. The fraction of sp³-hybridized carbons (Fsp3) is 0.265. The van der Waals surface area contributed by atoms with E-state index >= 15 is 0 Å². The van der Waals surface area contributed by atoms with Crippen molar-refractivity contribution in [3.63, 3.8) is 0 Å². The molecule has 1 amide bonds. The van der Waals surface area contributed by atoms with Crippen molar-refractivity contribution in [3.8, 4) is 0 Å². The van der Waals surface area contributed by atoms with E-state index in [1.54, 1.807) is 0 Å². The molecule has 0 N–H and O–H groups in total. The number of carbonyl (C=O) groups excluding carboxylic acids is 1. The molecule has 1 aliphatic heterocycles. The summed E-state index contributed by atoms with van der Waals surface area (Å²) in [6.45, 7) is 0.865. The van der Waals surface area contributed by atoms with Gasteiger partial charge in [-0.05, 0) is 23.1 Å². The molecule has 3 aromatic carbocycles. The first-order valence-electron chi connectivity index (χ1n) is 14.9. The molecule has 5 aromatic rings. The Hall–Kier alpha value is -4.58. The molecular weight excluding hydrogens is 588 g/mol. The van der Waals surface area contributed by atoms with Gasteiger partial charge < -0.3 is 4.57 Å². The molecule has 1 fully saturated rings. The fourth-order valence-corrected chi connectivity index (χ4v) is 7.41. The lowest BCUT2D eigenvalue weighted by atomic mass is 9.70. The fourth-order valence-electron chi connectivity index (χ4n) is 6.62. The number of hydrogen-bond acceptors (Lipinski definition) is 6. The molecular formula is C34H34N6O4S. The summed E-state index contributed by atoms with van der Waals surface area (Å²) in [5.74, 6) is -1.45. The Morgan fingerprint density at radius 2 is 1.51 bits per heavy atom. The smallest absolute Gasteiger partial charge is 0.308 e. The summed E-state index contributed by atoms with van der Waals surface area (Å²) >= 11 is 0. The van der Waals surface area contributed by atoms with Crippen LogP contribution < -0.4 is 0 Å². The maximum absolute atomic E-state index is 14.9. The summed E-state index contributed by atoms with van der Waals surface area (Å²) in [7, 11) is -0.855. The van der Waals surface area contributed by atoms with E-state index in [0.29, 0.717) is 25.3 Å². The third kappa shape index (κ3) is 5.26. The second-order valence-electron chi connectivity index (χ2n) is 11.8. The highest BCUT2D eigenvalue weighted by Crippen LogP contribution is 2.48. The maximum atomic E-state index is 14.9. The van der Waals surface area contributed by atoms with Gasteiger partial charge in [0.15, 0.2) is 0 Å². The van der Waals surface area contributed by atoms with Crippen molar-refractivity contribution in [2.24, 2.45) is 11.8 Å². The van der Waals surface area contributed by atoms with Crippen LogP contribution in [-0.4, -0.2) is 62.9 Å². The third-order valence-corrected chi connectivity index (χ3v) is 10.4. The number of benzene rings is 3. The lowest BCUT2D eigenvalue weighted by molar-refractivity contribution is -0.229. The molecule has 0 saturated carbocycles. The molecule has 230 valence electrons. The van der Waals surface area contributed by atoms with E-state index in [2.05, 4.69) is 21.7 Å². The van der Waals surface area contributed by atoms with Gasteiger partial charge in [-0.25, -0.2) is 19.0 Å². The first-order valence-corrected chi connectivity index (χ1v) is 16.3. The van der Waals surface area contributed by atoms with Gasteiger partial charge in [0.2, 0.25) is 0 Å². The molecule has 2 aliphatic rings. The summed E-state index contributed by atoms with van der Waals surface area (Å²) in [6, 6.07) is 29.3. The average Bonchev–Trinajstić information content (AvgIpc) is 3.71. The number of imidazole rings is 2. The number of aromatic nitrogens is 4. The van der Waals surface area contributed by atoms with E-state index in [1.807, 2.05) is 85.2 Å². The monoisotopic (exact) mass is 622 g/mol. The van der Waals surface area contributed by atoms with E-state index in [1.165, 1.54) is 31.7 Å². The van der Waals surface area contributed by atoms with Crippen molar-refractivity contribution < 1.29 is 18.0 Å². The lowest BCUT2D eigenvalue weighted by Crippen LogP contribution is -2.52. The summed E-state index contributed by atoms with van der Waals surface area (Å²) < 4.78 is 30.5. The number of nitrogens with zero attached hydrogens (tertiary/aromatic N) is 6. The van der Waals surface area contributed by atoms with Crippen molar-refractivity contribution in [1.29, 1.82) is 0 Å². The molecule has 1 aliphatic carbocycles. The van der Waals surface area contributed by atoms with Crippen LogP contribution in [0.15, 0.2) is 110 Å². The van der Waals surface area contributed by atoms with Gasteiger partial charge in [-0.1, -0.05) is 91.0 Å². The molecule has 10 nitrogen and oxygen atoms in total. The molecule has 3 atom stereocenters. The molecule has 0 unspecified atom stereocenters. The summed E-state index contributed by atoms with van der Waals surface area (Å²) in [4.78, 5) is 30.6. The van der Waals surface area contributed by atoms with Gasteiger partial charge in [-0.15, -0.1) is 0 Å². The minimum absolute atomic E-state index is 0.169. The highest BCUT2D eigenvalue weighted by Gasteiger charge is 2.51. The predicted octanol–water partition coefficient (Wildman–Crippen LogP) is 4.27. The maximum Gasteiger partial charge on any atom is 0.308 e. The minimum atomic E-state index is -3.81. The number of hydroxylamine groups is 2. The largest absolute Gasteiger partial charge is 0.329 e. The number of fused-ring (bicyclic) bond motifs is 2. The van der Waals surface area contributed by atoms with Crippen LogP contribution in [-0.2, 0) is 32.8 Å². The number of carbonyl (C=O) groups is 1. The highest BCUT2D eigenvalue weighted by atomic mass is 32.2. The minimum Gasteiger partial charge on any atom is -0.329 e. The highest BCUT2D eigenvalue weighted by molar-refractivity contribution is 7.87. The predicted molar refractivity (Wildman–Crippen MR) is 168 cm³/mol. The van der Waals surface area contributed by atoms with Gasteiger partial charge in [0.25, 0.3) is 5.91 Å². The zero-order chi connectivity index (χ0) is 31.1. The molecule has 0 bridgehead atoms. The van der Waals surface area contributed by atoms with Crippen LogP contribution in [0, 0.1) is 11.8 Å². The van der Waals surface area contributed by atoms with Gasteiger partial charge in [0.05, 0.1) is 41.9 Å². The Labute approximate surface area is 262 Å². The summed E-state index contributed by atoms with van der Waals surface area (Å²) in [6.07, 6.45) is 5.22. The first kappa shape index (κ1) is 29.1. The van der Waals surface area contributed by atoms with Gasteiger partial charge in [0, 0.05) is 32.8 Å². The second kappa shape index (κ2) is 11.7. The molecule has 45 heavy (non-hydrogen) atoms. The SMILES string of the molecule is CN(C)S(=O)(=O)n1cnc([C@@H]2c3c(ncn3Cc3ccccc3)C[C@@H]3CON(C(c4ccccc4)c4ccccc4)C(=O)[C@H]32)c1. The van der Waals surface area contributed by atoms with E-state index < -0.39 is 28.1 Å². The Morgan fingerprint density at radius 1 is 0.889 bits per heavy atom. The van der Waals surface area contributed by atoms with E-state index in [9.17, 15) is 13.2 Å². The Bertz CT molecular complexity index is 1870. The molecule has 1 saturated heterocycles. The molecule has 0 spiro atoms. The first-order chi connectivity index (χ1) is 21.8. The van der Waals surface area contributed by atoms with Crippen LogP contribution >= 0.6 is 0 Å². The standard InChI is InChI=1S/C34H34N6O4S/c1-37(2)45(42,43)39-20-29(36-23-39)31-30-27(18-28-33(31)38(22-35-28)19-24-12-6-3-7-13-24)21-44-40(34(30)41)32(25-14-8-4-9-15-25)26-16-10-5-11-17-26/h3-17,20,22-23,27,30-32H,18-19,21H2,1-2H3/t27-,30-,31+/m1/s1. The van der Waals surface area contributed by atoms with Gasteiger partial charge in [0.1, 0.15) is 12.4 Å². The van der Waals surface area contributed by atoms with Crippen molar-refractivity contribution in [3.05, 3.63) is 144 Å². The van der Waals surface area contributed by atoms with E-state index in [-0.39, 0.29) is 11.8 Å². The normalized spacial score (nSPS) is 20.0. The van der Waals surface area contributed by atoms with Crippen LogP contribution in [0.4, 0.5) is 0 Å². The van der Waals surface area contributed by atoms with Crippen LogP contribution in [0.2, 0.25) is 0 Å². The molecule has 11 heteroatoms. The van der Waals surface area contributed by atoms with E-state index in [4.69, 9.17) is 9.82 Å². The molecule has 7 rings (SSSR count). The second-order valence-corrected chi connectivity index (χ2v) is 13.8. The van der Waals surface area contributed by atoms with Crippen molar-refractivity contribution >= 4 is 16.1 Å². The topological polar surface area (TPSA) is 103 Å². The van der Waals surface area contributed by atoms with E-state index in [0.717, 1.165) is 36.4 Å². The van der Waals surface area contributed by atoms with Crippen LogP contribution in [0.25, 0.3) is 0 Å². The Morgan fingerprint density at radius 3 is 2.13 bits per heavy atom. The van der Waals surface area contributed by atoms with Crippen molar-refractivity contribution in [2.75, 3.05) is 20.7 Å². The number of hydrogen-bond donors (Lipinski definition) is 0. The van der Waals surface area contributed by atoms with Crippen LogP contribution in [0.1, 0.15) is 45.7 Å². The van der Waals surface area contributed by atoms with Crippen LogP contribution in [0.3, 0.4) is 0 Å². The average molecular weight is 623 g/mol. The number of rotatable bonds is 8. The van der Waals surface area contributed by atoms with Crippen LogP contribution in [0.5, 0.6) is 0 Å². The Kier molecular flexibility index (Phi) is 7.60. The zero-order valence-electron chi connectivity index (χ0n) is 25.0. The van der Waals surface area contributed by atoms with Gasteiger partial charge in [-0.2, -0.15) is 12.7 Å². The summed E-state index contributed by atoms with van der Waals surface area (Å²) in [5, 5.41) is 1.52.